The maximum absolute atomic E-state index is 12.7. The number of carbonyl (C=O) groups excluding carboxylic acids is 1. The molecule has 3 atom stereocenters. The summed E-state index contributed by atoms with van der Waals surface area (Å²) in [4.78, 5) is 28.1. The van der Waals surface area contributed by atoms with Gasteiger partial charge in [0.05, 0.1) is 11.8 Å². The lowest BCUT2D eigenvalue weighted by molar-refractivity contribution is -0.151. The van der Waals surface area contributed by atoms with Gasteiger partial charge in [0, 0.05) is 19.1 Å². The van der Waals surface area contributed by atoms with Gasteiger partial charge < -0.3 is 14.9 Å². The first-order chi connectivity index (χ1) is 9.50. The SMILES string of the molecule is CN(C)CC1CCCN1C(=O)[C@@H]1CC=CC[C@@H]1C(=O)O. The van der Waals surface area contributed by atoms with Crippen molar-refractivity contribution >= 4 is 11.9 Å². The molecule has 0 aromatic carbocycles. The Hall–Kier alpha value is -1.36. The highest BCUT2D eigenvalue weighted by Crippen LogP contribution is 2.30. The summed E-state index contributed by atoms with van der Waals surface area (Å²) in [6.07, 6.45) is 6.89. The van der Waals surface area contributed by atoms with Gasteiger partial charge in [0.2, 0.25) is 5.91 Å². The maximum Gasteiger partial charge on any atom is 0.307 e. The quantitative estimate of drug-likeness (QED) is 0.786. The first-order valence-electron chi connectivity index (χ1n) is 7.33. The predicted molar refractivity (Wildman–Crippen MR) is 76.3 cm³/mol. The molecule has 2 aliphatic rings. The molecule has 0 aromatic rings. The molecule has 1 heterocycles. The van der Waals surface area contributed by atoms with Crippen molar-refractivity contribution in [2.45, 2.75) is 31.7 Å². The second kappa shape index (κ2) is 6.39. The smallest absolute Gasteiger partial charge is 0.307 e. The van der Waals surface area contributed by atoms with E-state index in [1.807, 2.05) is 31.1 Å². The minimum Gasteiger partial charge on any atom is -0.481 e. The number of hydrogen-bond donors (Lipinski definition) is 1. The number of carbonyl (C=O) groups is 2. The Morgan fingerprint density at radius 3 is 2.50 bits per heavy atom. The van der Waals surface area contributed by atoms with Crippen molar-refractivity contribution in [2.24, 2.45) is 11.8 Å². The van der Waals surface area contributed by atoms with Crippen molar-refractivity contribution in [1.82, 2.24) is 9.80 Å². The number of aliphatic carboxylic acids is 1. The molecular weight excluding hydrogens is 256 g/mol. The molecule has 0 radical (unpaired) electrons. The molecule has 5 heteroatoms. The standard InChI is InChI=1S/C15H24N2O3/c1-16(2)10-11-6-5-9-17(11)14(18)12-7-3-4-8-13(12)15(19)20/h3-4,11-13H,5-10H2,1-2H3,(H,19,20)/t11?,12-,13+/m1/s1. The highest BCUT2D eigenvalue weighted by Gasteiger charge is 2.39. The number of amides is 1. The third kappa shape index (κ3) is 3.20. The number of likely N-dealkylation sites (N-methyl/N-ethyl adjacent to an activating group) is 1. The topological polar surface area (TPSA) is 60.9 Å². The summed E-state index contributed by atoms with van der Waals surface area (Å²) in [6, 6.07) is 0.234. The summed E-state index contributed by atoms with van der Waals surface area (Å²) in [6.45, 7) is 1.62. The summed E-state index contributed by atoms with van der Waals surface area (Å²) in [5.41, 5.74) is 0. The zero-order valence-electron chi connectivity index (χ0n) is 12.3. The van der Waals surface area contributed by atoms with Gasteiger partial charge in [-0.25, -0.2) is 0 Å². The molecule has 1 saturated heterocycles. The van der Waals surface area contributed by atoms with E-state index in [0.717, 1.165) is 25.9 Å². The Balaban J connectivity index is 2.09. The van der Waals surface area contributed by atoms with E-state index < -0.39 is 11.9 Å². The lowest BCUT2D eigenvalue weighted by Gasteiger charge is -2.33. The Morgan fingerprint density at radius 2 is 1.90 bits per heavy atom. The van der Waals surface area contributed by atoms with Crippen LogP contribution in [0.4, 0.5) is 0 Å². The summed E-state index contributed by atoms with van der Waals surface area (Å²) in [7, 11) is 4.01. The van der Waals surface area contributed by atoms with Crippen LogP contribution in [-0.4, -0.2) is 60.0 Å². The van der Waals surface area contributed by atoms with Gasteiger partial charge >= 0.3 is 5.97 Å². The van der Waals surface area contributed by atoms with Gasteiger partial charge in [-0.3, -0.25) is 9.59 Å². The molecule has 1 aliphatic heterocycles. The van der Waals surface area contributed by atoms with Gasteiger partial charge in [-0.15, -0.1) is 0 Å². The van der Waals surface area contributed by atoms with E-state index in [9.17, 15) is 14.7 Å². The van der Waals surface area contributed by atoms with Crippen molar-refractivity contribution < 1.29 is 14.7 Å². The van der Waals surface area contributed by atoms with Crippen LogP contribution in [0.1, 0.15) is 25.7 Å². The predicted octanol–water partition coefficient (Wildman–Crippen LogP) is 1.21. The molecule has 1 fully saturated rings. The fraction of sp³-hybridized carbons (Fsp3) is 0.733. The average molecular weight is 280 g/mol. The maximum atomic E-state index is 12.7. The van der Waals surface area contributed by atoms with Crippen molar-refractivity contribution in [1.29, 1.82) is 0 Å². The van der Waals surface area contributed by atoms with E-state index in [0.29, 0.717) is 12.8 Å². The third-order valence-corrected chi connectivity index (χ3v) is 4.30. The number of hydrogen-bond acceptors (Lipinski definition) is 3. The van der Waals surface area contributed by atoms with Gasteiger partial charge in [0.1, 0.15) is 0 Å². The van der Waals surface area contributed by atoms with E-state index in [1.54, 1.807) is 0 Å². The number of likely N-dealkylation sites (tertiary alicyclic amines) is 1. The average Bonchev–Trinajstić information content (AvgIpc) is 2.85. The molecule has 1 N–H and O–H groups in total. The minimum absolute atomic E-state index is 0.0334. The zero-order chi connectivity index (χ0) is 14.7. The van der Waals surface area contributed by atoms with Gasteiger partial charge in [-0.2, -0.15) is 0 Å². The van der Waals surface area contributed by atoms with E-state index in [-0.39, 0.29) is 17.9 Å². The molecule has 0 spiro atoms. The van der Waals surface area contributed by atoms with E-state index in [4.69, 9.17) is 0 Å². The van der Waals surface area contributed by atoms with E-state index in [2.05, 4.69) is 4.90 Å². The van der Waals surface area contributed by atoms with Crippen LogP contribution < -0.4 is 0 Å². The molecule has 0 bridgehead atoms. The normalized spacial score (nSPS) is 29.9. The molecule has 20 heavy (non-hydrogen) atoms. The highest BCUT2D eigenvalue weighted by atomic mass is 16.4. The summed E-state index contributed by atoms with van der Waals surface area (Å²) in [5.74, 6) is -1.77. The van der Waals surface area contributed by atoms with Gasteiger partial charge in [-0.1, -0.05) is 12.2 Å². The van der Waals surface area contributed by atoms with Gasteiger partial charge in [0.25, 0.3) is 0 Å². The van der Waals surface area contributed by atoms with Crippen LogP contribution in [0.15, 0.2) is 12.2 Å². The van der Waals surface area contributed by atoms with Crippen molar-refractivity contribution in [3.8, 4) is 0 Å². The zero-order valence-corrected chi connectivity index (χ0v) is 12.3. The largest absolute Gasteiger partial charge is 0.481 e. The fourth-order valence-electron chi connectivity index (χ4n) is 3.31. The number of allylic oxidation sites excluding steroid dienone is 2. The monoisotopic (exact) mass is 280 g/mol. The first-order valence-corrected chi connectivity index (χ1v) is 7.33. The Bertz CT molecular complexity index is 406. The lowest BCUT2D eigenvalue weighted by Crippen LogP contribution is -2.46. The number of carboxylic acids is 1. The number of carboxylic acid groups (broad SMARTS) is 1. The highest BCUT2D eigenvalue weighted by molar-refractivity contribution is 5.85. The Morgan fingerprint density at radius 1 is 1.25 bits per heavy atom. The molecule has 1 aliphatic carbocycles. The summed E-state index contributed by atoms with van der Waals surface area (Å²) < 4.78 is 0. The van der Waals surface area contributed by atoms with Gasteiger partial charge in [0.15, 0.2) is 0 Å². The van der Waals surface area contributed by atoms with Crippen LogP contribution in [0.5, 0.6) is 0 Å². The van der Waals surface area contributed by atoms with Crippen LogP contribution in [0.2, 0.25) is 0 Å². The second-order valence-electron chi connectivity index (χ2n) is 6.08. The van der Waals surface area contributed by atoms with Crippen LogP contribution in [0, 0.1) is 11.8 Å². The second-order valence-corrected chi connectivity index (χ2v) is 6.08. The van der Waals surface area contributed by atoms with Crippen LogP contribution in [0.25, 0.3) is 0 Å². The summed E-state index contributed by atoms with van der Waals surface area (Å²) in [5, 5.41) is 9.30. The molecular formula is C15H24N2O3. The molecule has 2 rings (SSSR count). The van der Waals surface area contributed by atoms with Crippen LogP contribution in [-0.2, 0) is 9.59 Å². The number of nitrogens with zero attached hydrogens (tertiary/aromatic N) is 2. The molecule has 0 saturated carbocycles. The molecule has 0 aromatic heterocycles. The van der Waals surface area contributed by atoms with Crippen molar-refractivity contribution in [3.63, 3.8) is 0 Å². The van der Waals surface area contributed by atoms with E-state index >= 15 is 0 Å². The molecule has 5 nitrogen and oxygen atoms in total. The van der Waals surface area contributed by atoms with E-state index in [1.165, 1.54) is 0 Å². The van der Waals surface area contributed by atoms with Crippen molar-refractivity contribution in [3.05, 3.63) is 12.2 Å². The first kappa shape index (κ1) is 15.0. The van der Waals surface area contributed by atoms with Crippen LogP contribution in [0.3, 0.4) is 0 Å². The summed E-state index contributed by atoms with van der Waals surface area (Å²) >= 11 is 0. The minimum atomic E-state index is -0.851. The lowest BCUT2D eigenvalue weighted by atomic mass is 9.82. The fourth-order valence-corrected chi connectivity index (χ4v) is 3.31. The molecule has 112 valence electrons. The molecule has 1 amide bonds. The Kier molecular flexibility index (Phi) is 4.81. The number of rotatable bonds is 4. The molecule has 1 unspecified atom stereocenters. The van der Waals surface area contributed by atoms with Crippen LogP contribution >= 0.6 is 0 Å². The Labute approximate surface area is 120 Å². The third-order valence-electron chi connectivity index (χ3n) is 4.30. The van der Waals surface area contributed by atoms with Crippen molar-refractivity contribution in [2.75, 3.05) is 27.2 Å². The van der Waals surface area contributed by atoms with Gasteiger partial charge in [-0.05, 0) is 39.8 Å².